The Morgan fingerprint density at radius 3 is 2.61 bits per heavy atom. The Bertz CT molecular complexity index is 804. The zero-order valence-electron chi connectivity index (χ0n) is 16.0. The highest BCUT2D eigenvalue weighted by molar-refractivity contribution is 5.73. The Balaban J connectivity index is 1.39. The van der Waals surface area contributed by atoms with Crippen LogP contribution >= 0.6 is 0 Å². The zero-order valence-corrected chi connectivity index (χ0v) is 16.0. The molecule has 7 nitrogen and oxygen atoms in total. The average molecular weight is 394 g/mol. The number of hydrogen-bond acceptors (Lipinski definition) is 5. The zero-order chi connectivity index (χ0) is 20.1. The van der Waals surface area contributed by atoms with Crippen molar-refractivity contribution in [3.05, 3.63) is 41.7 Å². The summed E-state index contributed by atoms with van der Waals surface area (Å²) in [5.41, 5.74) is 0.873. The summed E-state index contributed by atoms with van der Waals surface area (Å²) in [7, 11) is 3.51. The van der Waals surface area contributed by atoms with Gasteiger partial charge in [-0.05, 0) is 18.2 Å². The normalized spacial score (nSPS) is 15.1. The standard InChI is InChI=1S/C19H24F2N4O3/c1-23(2)19(26)25-7-5-24(6-8-25)9-10-27-13-15-12-18(22-28-15)14-3-4-16(20)17(21)11-14/h3-4,11-12H,5-10,13H2,1-2H3. The summed E-state index contributed by atoms with van der Waals surface area (Å²) < 4.78 is 37.1. The van der Waals surface area contributed by atoms with Crippen LogP contribution in [0.1, 0.15) is 5.76 Å². The Morgan fingerprint density at radius 1 is 1.18 bits per heavy atom. The van der Waals surface area contributed by atoms with E-state index >= 15 is 0 Å². The fourth-order valence-corrected chi connectivity index (χ4v) is 2.98. The quantitative estimate of drug-likeness (QED) is 0.705. The smallest absolute Gasteiger partial charge is 0.319 e. The third kappa shape index (κ3) is 5.05. The van der Waals surface area contributed by atoms with Gasteiger partial charge in [0.1, 0.15) is 12.3 Å². The summed E-state index contributed by atoms with van der Waals surface area (Å²) in [6.07, 6.45) is 0. The largest absolute Gasteiger partial charge is 0.372 e. The minimum absolute atomic E-state index is 0.0399. The SMILES string of the molecule is CN(C)C(=O)N1CCN(CCOCc2cc(-c3ccc(F)c(F)c3)no2)CC1. The van der Waals surface area contributed by atoms with E-state index in [4.69, 9.17) is 9.26 Å². The van der Waals surface area contributed by atoms with E-state index < -0.39 is 11.6 Å². The second kappa shape index (κ2) is 9.11. The van der Waals surface area contributed by atoms with Gasteiger partial charge in [-0.15, -0.1) is 0 Å². The van der Waals surface area contributed by atoms with Crippen molar-refractivity contribution in [2.45, 2.75) is 6.61 Å². The number of piperazine rings is 1. The van der Waals surface area contributed by atoms with E-state index in [0.29, 0.717) is 36.7 Å². The Labute approximate surface area is 162 Å². The monoisotopic (exact) mass is 394 g/mol. The third-order valence-corrected chi connectivity index (χ3v) is 4.60. The number of nitrogens with zero attached hydrogens (tertiary/aromatic N) is 4. The number of hydrogen-bond donors (Lipinski definition) is 0. The Morgan fingerprint density at radius 2 is 1.93 bits per heavy atom. The van der Waals surface area contributed by atoms with Gasteiger partial charge >= 0.3 is 6.03 Å². The molecule has 152 valence electrons. The molecule has 1 aromatic heterocycles. The maximum absolute atomic E-state index is 13.3. The third-order valence-electron chi connectivity index (χ3n) is 4.60. The van der Waals surface area contributed by atoms with Crippen LogP contribution in [0.2, 0.25) is 0 Å². The number of rotatable bonds is 6. The van der Waals surface area contributed by atoms with Crippen molar-refractivity contribution in [2.75, 3.05) is 53.4 Å². The Kier molecular flexibility index (Phi) is 6.58. The average Bonchev–Trinajstić information content (AvgIpc) is 3.16. The van der Waals surface area contributed by atoms with Crippen LogP contribution in [0.25, 0.3) is 11.3 Å². The van der Waals surface area contributed by atoms with Crippen molar-refractivity contribution >= 4 is 6.03 Å². The lowest BCUT2D eigenvalue weighted by molar-refractivity contribution is 0.0621. The molecule has 0 bridgehead atoms. The van der Waals surface area contributed by atoms with Gasteiger partial charge in [0.05, 0.1) is 6.61 Å². The van der Waals surface area contributed by atoms with Gasteiger partial charge in [-0.2, -0.15) is 0 Å². The molecule has 0 atom stereocenters. The summed E-state index contributed by atoms with van der Waals surface area (Å²) >= 11 is 0. The van der Waals surface area contributed by atoms with Crippen LogP contribution < -0.4 is 0 Å². The van der Waals surface area contributed by atoms with Crippen molar-refractivity contribution in [3.63, 3.8) is 0 Å². The molecule has 1 aliphatic rings. The van der Waals surface area contributed by atoms with E-state index in [1.54, 1.807) is 25.1 Å². The predicted molar refractivity (Wildman–Crippen MR) is 98.6 cm³/mol. The molecule has 2 aromatic rings. The van der Waals surface area contributed by atoms with Crippen molar-refractivity contribution in [1.29, 1.82) is 0 Å². The molecule has 0 N–H and O–H groups in total. The van der Waals surface area contributed by atoms with Gasteiger partial charge in [0.15, 0.2) is 17.4 Å². The molecule has 3 rings (SSSR count). The second-order valence-corrected chi connectivity index (χ2v) is 6.87. The van der Waals surface area contributed by atoms with Crippen LogP contribution in [0, 0.1) is 11.6 Å². The highest BCUT2D eigenvalue weighted by Gasteiger charge is 2.21. The lowest BCUT2D eigenvalue weighted by Crippen LogP contribution is -2.51. The Hall–Kier alpha value is -2.52. The fraction of sp³-hybridized carbons (Fsp3) is 0.474. The maximum atomic E-state index is 13.3. The molecule has 0 radical (unpaired) electrons. The van der Waals surface area contributed by atoms with Gasteiger partial charge in [0.25, 0.3) is 0 Å². The van der Waals surface area contributed by atoms with E-state index in [2.05, 4.69) is 10.1 Å². The molecule has 1 aliphatic heterocycles. The topological polar surface area (TPSA) is 62.1 Å². The molecule has 0 saturated carbocycles. The molecule has 9 heteroatoms. The molecule has 1 saturated heterocycles. The summed E-state index contributed by atoms with van der Waals surface area (Å²) in [5, 5.41) is 3.87. The first-order valence-corrected chi connectivity index (χ1v) is 9.11. The van der Waals surface area contributed by atoms with E-state index in [1.807, 2.05) is 4.90 Å². The molecule has 0 aliphatic carbocycles. The van der Waals surface area contributed by atoms with E-state index in [1.165, 1.54) is 6.07 Å². The summed E-state index contributed by atoms with van der Waals surface area (Å²) in [6, 6.07) is 5.28. The number of halogens is 2. The number of carbonyl (C=O) groups is 1. The second-order valence-electron chi connectivity index (χ2n) is 6.87. The van der Waals surface area contributed by atoms with Gasteiger partial charge in [-0.1, -0.05) is 5.16 Å². The number of urea groups is 1. The summed E-state index contributed by atoms with van der Waals surface area (Å²) in [6.45, 7) is 4.55. The van der Waals surface area contributed by atoms with Crippen LogP contribution in [-0.4, -0.2) is 79.3 Å². The predicted octanol–water partition coefficient (Wildman–Crippen LogP) is 2.44. The number of aromatic nitrogens is 1. The summed E-state index contributed by atoms with van der Waals surface area (Å²) in [4.78, 5) is 17.6. The highest BCUT2D eigenvalue weighted by Crippen LogP contribution is 2.21. The molecule has 2 amide bonds. The molecular formula is C19H24F2N4O3. The molecule has 0 spiro atoms. The van der Waals surface area contributed by atoms with E-state index in [0.717, 1.165) is 31.8 Å². The first kappa shape index (κ1) is 20.2. The lowest BCUT2D eigenvalue weighted by atomic mass is 10.1. The number of benzene rings is 1. The molecule has 2 heterocycles. The molecular weight excluding hydrogens is 370 g/mol. The minimum Gasteiger partial charge on any atom is -0.372 e. The van der Waals surface area contributed by atoms with Gasteiger partial charge < -0.3 is 19.1 Å². The van der Waals surface area contributed by atoms with Crippen molar-refractivity contribution in [2.24, 2.45) is 0 Å². The van der Waals surface area contributed by atoms with Crippen molar-refractivity contribution in [1.82, 2.24) is 19.9 Å². The van der Waals surface area contributed by atoms with Crippen LogP contribution in [-0.2, 0) is 11.3 Å². The van der Waals surface area contributed by atoms with Crippen molar-refractivity contribution in [3.8, 4) is 11.3 Å². The first-order chi connectivity index (χ1) is 13.4. The first-order valence-electron chi connectivity index (χ1n) is 9.11. The van der Waals surface area contributed by atoms with Crippen LogP contribution in [0.5, 0.6) is 0 Å². The van der Waals surface area contributed by atoms with Gasteiger partial charge in [0.2, 0.25) is 0 Å². The molecule has 1 aromatic carbocycles. The summed E-state index contributed by atoms with van der Waals surface area (Å²) in [5.74, 6) is -1.31. The molecule has 28 heavy (non-hydrogen) atoms. The maximum Gasteiger partial charge on any atom is 0.319 e. The van der Waals surface area contributed by atoms with Crippen LogP contribution in [0.15, 0.2) is 28.8 Å². The van der Waals surface area contributed by atoms with Crippen LogP contribution in [0.3, 0.4) is 0 Å². The van der Waals surface area contributed by atoms with Gasteiger partial charge in [-0.3, -0.25) is 4.90 Å². The minimum atomic E-state index is -0.925. The number of amides is 2. The van der Waals surface area contributed by atoms with Crippen molar-refractivity contribution < 1.29 is 22.8 Å². The molecule has 1 fully saturated rings. The van der Waals surface area contributed by atoms with E-state index in [9.17, 15) is 13.6 Å². The number of carbonyl (C=O) groups excluding carboxylic acids is 1. The van der Waals surface area contributed by atoms with Crippen LogP contribution in [0.4, 0.5) is 13.6 Å². The highest BCUT2D eigenvalue weighted by atomic mass is 19.2. The van der Waals surface area contributed by atoms with E-state index in [-0.39, 0.29) is 12.6 Å². The van der Waals surface area contributed by atoms with Gasteiger partial charge in [0, 0.05) is 58.4 Å². The lowest BCUT2D eigenvalue weighted by Gasteiger charge is -2.35. The number of ether oxygens (including phenoxy) is 1. The van der Waals surface area contributed by atoms with Gasteiger partial charge in [-0.25, -0.2) is 13.6 Å². The fourth-order valence-electron chi connectivity index (χ4n) is 2.98. The molecule has 0 unspecified atom stereocenters.